The Kier molecular flexibility index (Phi) is 6.16. The van der Waals surface area contributed by atoms with E-state index in [1.54, 1.807) is 12.1 Å². The number of thiocarbonyl (C=S) groups is 1. The van der Waals surface area contributed by atoms with Crippen molar-refractivity contribution in [3.05, 3.63) is 39.8 Å². The molecule has 2 aliphatic rings. The van der Waals surface area contributed by atoms with E-state index in [0.29, 0.717) is 19.4 Å². The number of thioether (sulfide) groups is 2. The summed E-state index contributed by atoms with van der Waals surface area (Å²) in [6, 6.07) is 7.29. The van der Waals surface area contributed by atoms with E-state index in [4.69, 9.17) is 23.8 Å². The first kappa shape index (κ1) is 18.4. The number of rotatable bonds is 4. The molecule has 3 rings (SSSR count). The molecular formula is C16H14ClN3O2S3. The zero-order chi connectivity index (χ0) is 17.8. The largest absolute Gasteiger partial charge is 0.305 e. The van der Waals surface area contributed by atoms with Gasteiger partial charge in [0.2, 0.25) is 5.91 Å². The third-order valence-electron chi connectivity index (χ3n) is 3.46. The Balaban J connectivity index is 1.61. The summed E-state index contributed by atoms with van der Waals surface area (Å²) < 4.78 is 0.448. The van der Waals surface area contributed by atoms with Crippen molar-refractivity contribution >= 4 is 74.7 Å². The van der Waals surface area contributed by atoms with Crippen molar-refractivity contribution in [2.24, 2.45) is 4.99 Å². The van der Waals surface area contributed by atoms with Gasteiger partial charge in [0.15, 0.2) is 5.17 Å². The number of carbonyl (C=O) groups is 2. The third-order valence-corrected chi connectivity index (χ3v) is 6.07. The molecule has 1 saturated heterocycles. The van der Waals surface area contributed by atoms with Crippen molar-refractivity contribution in [2.45, 2.75) is 6.42 Å². The number of aliphatic imine (C=N–C) groups is 1. The second-order valence-corrected chi connectivity index (χ2v) is 8.35. The van der Waals surface area contributed by atoms with E-state index in [9.17, 15) is 9.59 Å². The van der Waals surface area contributed by atoms with Gasteiger partial charge in [-0.15, -0.1) is 0 Å². The molecule has 0 radical (unpaired) electrons. The summed E-state index contributed by atoms with van der Waals surface area (Å²) in [7, 11) is 0. The zero-order valence-electron chi connectivity index (χ0n) is 13.0. The van der Waals surface area contributed by atoms with Crippen molar-refractivity contribution in [2.75, 3.05) is 18.8 Å². The summed E-state index contributed by atoms with van der Waals surface area (Å²) in [6.07, 6.45) is 1.90. The second kappa shape index (κ2) is 8.35. The average molecular weight is 412 g/mol. The van der Waals surface area contributed by atoms with E-state index in [-0.39, 0.29) is 24.8 Å². The Morgan fingerprint density at radius 1 is 1.44 bits per heavy atom. The summed E-state index contributed by atoms with van der Waals surface area (Å²) >= 11 is 14.1. The Labute approximate surface area is 164 Å². The molecule has 0 unspecified atom stereocenters. The molecule has 5 nitrogen and oxygen atoms in total. The molecule has 2 amide bonds. The number of halogens is 1. The van der Waals surface area contributed by atoms with Crippen LogP contribution in [0.3, 0.4) is 0 Å². The van der Waals surface area contributed by atoms with Gasteiger partial charge in [0.25, 0.3) is 5.91 Å². The van der Waals surface area contributed by atoms with Crippen LogP contribution in [-0.4, -0.2) is 45.0 Å². The summed E-state index contributed by atoms with van der Waals surface area (Å²) in [5.74, 6) is 0.518. The number of hydrogen-bond acceptors (Lipinski definition) is 6. The number of amidine groups is 1. The molecule has 0 atom stereocenters. The topological polar surface area (TPSA) is 61.8 Å². The Morgan fingerprint density at radius 2 is 2.24 bits per heavy atom. The number of amides is 2. The first-order valence-electron chi connectivity index (χ1n) is 7.51. The monoisotopic (exact) mass is 411 g/mol. The fourth-order valence-electron chi connectivity index (χ4n) is 2.23. The molecule has 1 aromatic carbocycles. The van der Waals surface area contributed by atoms with E-state index >= 15 is 0 Å². The highest BCUT2D eigenvalue weighted by Gasteiger charge is 2.32. The highest BCUT2D eigenvalue weighted by molar-refractivity contribution is 8.26. The van der Waals surface area contributed by atoms with Gasteiger partial charge in [-0.05, 0) is 17.7 Å². The van der Waals surface area contributed by atoms with Crippen molar-refractivity contribution in [3.63, 3.8) is 0 Å². The van der Waals surface area contributed by atoms with Crippen LogP contribution in [0.25, 0.3) is 6.08 Å². The smallest absolute Gasteiger partial charge is 0.266 e. The molecule has 2 heterocycles. The summed E-state index contributed by atoms with van der Waals surface area (Å²) in [5.41, 5.74) is 0.763. The Morgan fingerprint density at radius 3 is 2.96 bits per heavy atom. The van der Waals surface area contributed by atoms with Crippen molar-refractivity contribution < 1.29 is 9.59 Å². The van der Waals surface area contributed by atoms with Crippen LogP contribution in [0.1, 0.15) is 12.0 Å². The van der Waals surface area contributed by atoms with Crippen LogP contribution >= 0.6 is 47.3 Å². The molecule has 2 aliphatic heterocycles. The van der Waals surface area contributed by atoms with E-state index in [1.807, 2.05) is 18.2 Å². The highest BCUT2D eigenvalue weighted by atomic mass is 35.5. The molecule has 9 heteroatoms. The van der Waals surface area contributed by atoms with Gasteiger partial charge in [-0.25, -0.2) is 0 Å². The summed E-state index contributed by atoms with van der Waals surface area (Å²) in [5, 5.41) is 3.96. The van der Waals surface area contributed by atoms with Gasteiger partial charge in [-0.3, -0.25) is 19.5 Å². The van der Waals surface area contributed by atoms with E-state index < -0.39 is 0 Å². The maximum atomic E-state index is 12.5. The molecule has 1 fully saturated rings. The number of nitrogens with one attached hydrogen (secondary N) is 1. The SMILES string of the molecule is O=C(CCN1C(=O)C(=Cc2ccccc2Cl)SC1=S)NC1=NCCS1. The van der Waals surface area contributed by atoms with Crippen LogP contribution in [0.4, 0.5) is 0 Å². The lowest BCUT2D eigenvalue weighted by atomic mass is 10.2. The molecule has 25 heavy (non-hydrogen) atoms. The normalized spacial score (nSPS) is 18.8. The van der Waals surface area contributed by atoms with Gasteiger partial charge < -0.3 is 5.32 Å². The van der Waals surface area contributed by atoms with E-state index in [1.165, 1.54) is 28.4 Å². The minimum atomic E-state index is -0.199. The van der Waals surface area contributed by atoms with E-state index in [0.717, 1.165) is 17.9 Å². The predicted octanol–water partition coefficient (Wildman–Crippen LogP) is 3.15. The lowest BCUT2D eigenvalue weighted by Gasteiger charge is -2.13. The quantitative estimate of drug-likeness (QED) is 0.609. The van der Waals surface area contributed by atoms with Gasteiger partial charge in [-0.2, -0.15) is 0 Å². The third kappa shape index (κ3) is 4.63. The summed E-state index contributed by atoms with van der Waals surface area (Å²) in [4.78, 5) is 30.6. The standard InChI is InChI=1S/C16H14ClN3O2S3/c17-11-4-2-1-3-10(11)9-12-14(22)20(16(23)25-12)7-5-13(21)19-15-18-6-8-24-15/h1-4,9H,5-8H2,(H,18,19,21). The summed E-state index contributed by atoms with van der Waals surface area (Å²) in [6.45, 7) is 0.968. The van der Waals surface area contributed by atoms with Crippen LogP contribution in [-0.2, 0) is 9.59 Å². The molecule has 0 aromatic heterocycles. The minimum absolute atomic E-state index is 0.169. The minimum Gasteiger partial charge on any atom is -0.305 e. The number of hydrogen-bond donors (Lipinski definition) is 1. The zero-order valence-corrected chi connectivity index (χ0v) is 16.2. The van der Waals surface area contributed by atoms with Crippen LogP contribution in [0.15, 0.2) is 34.2 Å². The maximum Gasteiger partial charge on any atom is 0.266 e. The molecular weight excluding hydrogens is 398 g/mol. The average Bonchev–Trinajstić information content (AvgIpc) is 3.17. The van der Waals surface area contributed by atoms with Crippen LogP contribution in [0.2, 0.25) is 5.02 Å². The Hall–Kier alpha value is -1.35. The van der Waals surface area contributed by atoms with Crippen molar-refractivity contribution in [1.29, 1.82) is 0 Å². The first-order valence-corrected chi connectivity index (χ1v) is 10.1. The molecule has 1 aromatic rings. The second-order valence-electron chi connectivity index (χ2n) is 5.19. The van der Waals surface area contributed by atoms with Crippen LogP contribution < -0.4 is 5.32 Å². The highest BCUT2D eigenvalue weighted by Crippen LogP contribution is 2.33. The van der Waals surface area contributed by atoms with Gasteiger partial charge in [0, 0.05) is 23.7 Å². The molecule has 0 bridgehead atoms. The number of carbonyl (C=O) groups excluding carboxylic acids is 2. The number of benzene rings is 1. The maximum absolute atomic E-state index is 12.5. The molecule has 130 valence electrons. The van der Waals surface area contributed by atoms with Gasteiger partial charge in [0.05, 0.1) is 11.4 Å². The van der Waals surface area contributed by atoms with Crippen molar-refractivity contribution in [3.8, 4) is 0 Å². The fraction of sp³-hybridized carbons (Fsp3) is 0.250. The van der Waals surface area contributed by atoms with E-state index in [2.05, 4.69) is 10.3 Å². The van der Waals surface area contributed by atoms with Crippen LogP contribution in [0, 0.1) is 0 Å². The lowest BCUT2D eigenvalue weighted by Crippen LogP contribution is -2.34. The van der Waals surface area contributed by atoms with Gasteiger partial charge >= 0.3 is 0 Å². The molecule has 0 spiro atoms. The van der Waals surface area contributed by atoms with Gasteiger partial charge in [-0.1, -0.05) is 65.5 Å². The van der Waals surface area contributed by atoms with Crippen molar-refractivity contribution in [1.82, 2.24) is 10.2 Å². The molecule has 1 N–H and O–H groups in total. The number of nitrogens with zero attached hydrogens (tertiary/aromatic N) is 2. The lowest BCUT2D eigenvalue weighted by molar-refractivity contribution is -0.123. The predicted molar refractivity (Wildman–Crippen MR) is 109 cm³/mol. The first-order chi connectivity index (χ1) is 12.0. The molecule has 0 aliphatic carbocycles. The van der Waals surface area contributed by atoms with Crippen LogP contribution in [0.5, 0.6) is 0 Å². The molecule has 0 saturated carbocycles. The van der Waals surface area contributed by atoms with Gasteiger partial charge in [0.1, 0.15) is 4.32 Å². The Bertz CT molecular complexity index is 795. The fourth-order valence-corrected chi connectivity index (χ4v) is 4.47.